The van der Waals surface area contributed by atoms with Crippen LogP contribution in [0.25, 0.3) is 11.2 Å². The molecular formula is C12H18Cl2N4S. The van der Waals surface area contributed by atoms with Crippen molar-refractivity contribution in [1.29, 1.82) is 0 Å². The highest BCUT2D eigenvalue weighted by atomic mass is 35.5. The van der Waals surface area contributed by atoms with Crippen molar-refractivity contribution in [2.24, 2.45) is 0 Å². The molecule has 0 radical (unpaired) electrons. The molecule has 106 valence electrons. The first-order valence-electron chi connectivity index (χ1n) is 6.24. The highest BCUT2D eigenvalue weighted by Gasteiger charge is 2.09. The number of quaternary nitrogens is 1. The van der Waals surface area contributed by atoms with Crippen molar-refractivity contribution < 1.29 is 17.3 Å². The lowest BCUT2D eigenvalue weighted by atomic mass is 10.4. The van der Waals surface area contributed by atoms with Crippen LogP contribution in [0.15, 0.2) is 12.1 Å². The number of nitrogens with one attached hydrogen (secondary N) is 2. The smallest absolute Gasteiger partial charge is 0.179 e. The standard InChI is InChI=1S/C12H17ClN4S.ClH/c1-3-16(4-2)7-8-17-11-9(14-12(17)18)5-6-10(13)15-11;/h5-6H,3-4,7-8H2,1-2H3,(H,14,18);1H. The van der Waals surface area contributed by atoms with Gasteiger partial charge >= 0.3 is 0 Å². The molecule has 2 aromatic heterocycles. The number of aromatic amines is 1. The van der Waals surface area contributed by atoms with E-state index < -0.39 is 0 Å². The van der Waals surface area contributed by atoms with E-state index in [-0.39, 0.29) is 12.4 Å². The predicted octanol–water partition coefficient (Wildman–Crippen LogP) is -1.32. The van der Waals surface area contributed by atoms with Crippen LogP contribution in [-0.4, -0.2) is 34.2 Å². The summed E-state index contributed by atoms with van der Waals surface area (Å²) in [5.41, 5.74) is 1.79. The van der Waals surface area contributed by atoms with Gasteiger partial charge < -0.3 is 22.3 Å². The highest BCUT2D eigenvalue weighted by Crippen LogP contribution is 2.14. The molecule has 0 fully saturated rings. The fourth-order valence-corrected chi connectivity index (χ4v) is 2.52. The summed E-state index contributed by atoms with van der Waals surface area (Å²) in [6.07, 6.45) is 0. The summed E-state index contributed by atoms with van der Waals surface area (Å²) in [5, 5.41) is 0.500. The third-order valence-electron chi connectivity index (χ3n) is 3.27. The van der Waals surface area contributed by atoms with E-state index >= 15 is 0 Å². The number of pyridine rings is 1. The molecule has 2 rings (SSSR count). The average molecular weight is 321 g/mol. The van der Waals surface area contributed by atoms with Crippen LogP contribution in [0.5, 0.6) is 0 Å². The molecule has 2 aromatic rings. The van der Waals surface area contributed by atoms with Gasteiger partial charge in [0.1, 0.15) is 5.15 Å². The summed E-state index contributed by atoms with van der Waals surface area (Å²) in [6.45, 7) is 8.55. The van der Waals surface area contributed by atoms with Gasteiger partial charge in [-0.05, 0) is 38.2 Å². The Morgan fingerprint density at radius 2 is 2.05 bits per heavy atom. The second-order valence-electron chi connectivity index (χ2n) is 4.29. The SMILES string of the molecule is CC[NH+](CC)CCn1c(=S)[nH]c2ccc(Cl)nc21.[Cl-]. The fraction of sp³-hybridized carbons (Fsp3) is 0.500. The van der Waals surface area contributed by atoms with Crippen molar-refractivity contribution >= 4 is 35.0 Å². The fourth-order valence-electron chi connectivity index (χ4n) is 2.09. The third kappa shape index (κ3) is 3.69. The second-order valence-corrected chi connectivity index (χ2v) is 5.07. The molecule has 4 nitrogen and oxygen atoms in total. The third-order valence-corrected chi connectivity index (χ3v) is 3.81. The van der Waals surface area contributed by atoms with Crippen LogP contribution in [0.4, 0.5) is 0 Å². The van der Waals surface area contributed by atoms with E-state index in [1.165, 1.54) is 0 Å². The van der Waals surface area contributed by atoms with E-state index in [0.29, 0.717) is 9.92 Å². The van der Waals surface area contributed by atoms with Gasteiger partial charge in [-0.25, -0.2) is 4.98 Å². The number of imidazole rings is 1. The molecule has 2 N–H and O–H groups in total. The summed E-state index contributed by atoms with van der Waals surface area (Å²) in [4.78, 5) is 9.06. The van der Waals surface area contributed by atoms with Gasteiger partial charge in [-0.2, -0.15) is 0 Å². The summed E-state index contributed by atoms with van der Waals surface area (Å²) in [5.74, 6) is 0. The molecule has 0 saturated heterocycles. The Balaban J connectivity index is 0.00000180. The summed E-state index contributed by atoms with van der Waals surface area (Å²) >= 11 is 11.3. The van der Waals surface area contributed by atoms with Crippen molar-refractivity contribution in [2.75, 3.05) is 19.6 Å². The van der Waals surface area contributed by atoms with Crippen LogP contribution >= 0.6 is 23.8 Å². The zero-order chi connectivity index (χ0) is 13.1. The van der Waals surface area contributed by atoms with Crippen LogP contribution < -0.4 is 17.3 Å². The highest BCUT2D eigenvalue weighted by molar-refractivity contribution is 7.71. The van der Waals surface area contributed by atoms with Gasteiger partial charge in [-0.3, -0.25) is 4.57 Å². The van der Waals surface area contributed by atoms with Gasteiger partial charge in [-0.15, -0.1) is 0 Å². The van der Waals surface area contributed by atoms with E-state index in [2.05, 4.69) is 23.8 Å². The number of fused-ring (bicyclic) bond motifs is 1. The van der Waals surface area contributed by atoms with E-state index in [1.807, 2.05) is 10.6 Å². The van der Waals surface area contributed by atoms with Gasteiger partial charge in [0.05, 0.1) is 31.7 Å². The quantitative estimate of drug-likeness (QED) is 0.529. The summed E-state index contributed by atoms with van der Waals surface area (Å²) in [7, 11) is 0. The number of rotatable bonds is 5. The van der Waals surface area contributed by atoms with Crippen molar-refractivity contribution in [3.8, 4) is 0 Å². The van der Waals surface area contributed by atoms with Gasteiger partial charge in [0.25, 0.3) is 0 Å². The summed E-state index contributed by atoms with van der Waals surface area (Å²) in [6, 6.07) is 3.69. The van der Waals surface area contributed by atoms with Gasteiger partial charge in [0.15, 0.2) is 10.4 Å². The second kappa shape index (κ2) is 7.24. The largest absolute Gasteiger partial charge is 1.00 e. The molecule has 7 heteroatoms. The van der Waals surface area contributed by atoms with Crippen molar-refractivity contribution in [3.63, 3.8) is 0 Å². The Hall–Kier alpha value is -0.620. The van der Waals surface area contributed by atoms with Crippen LogP contribution in [0, 0.1) is 4.77 Å². The van der Waals surface area contributed by atoms with Crippen LogP contribution in [-0.2, 0) is 6.54 Å². The lowest BCUT2D eigenvalue weighted by Gasteiger charge is -2.15. The number of aromatic nitrogens is 3. The maximum Gasteiger partial charge on any atom is 0.179 e. The minimum Gasteiger partial charge on any atom is -1.00 e. The maximum absolute atomic E-state index is 5.94. The minimum absolute atomic E-state index is 0. The molecular weight excluding hydrogens is 303 g/mol. The number of likely N-dealkylation sites (N-methyl/N-ethyl adjacent to an activating group) is 1. The Labute approximate surface area is 129 Å². The van der Waals surface area contributed by atoms with E-state index in [4.69, 9.17) is 23.8 Å². The van der Waals surface area contributed by atoms with E-state index in [0.717, 1.165) is 37.3 Å². The molecule has 0 unspecified atom stereocenters. The first kappa shape index (κ1) is 16.4. The summed E-state index contributed by atoms with van der Waals surface area (Å²) < 4.78 is 2.74. The number of H-pyrrole nitrogens is 1. The zero-order valence-electron chi connectivity index (χ0n) is 11.0. The first-order valence-corrected chi connectivity index (χ1v) is 7.03. The van der Waals surface area contributed by atoms with Crippen LogP contribution in [0.2, 0.25) is 5.15 Å². The molecule has 19 heavy (non-hydrogen) atoms. The Bertz CT molecular complexity index is 589. The van der Waals surface area contributed by atoms with Gasteiger partial charge in [0.2, 0.25) is 0 Å². The molecule has 0 amide bonds. The van der Waals surface area contributed by atoms with Crippen molar-refractivity contribution in [3.05, 3.63) is 22.1 Å². The lowest BCUT2D eigenvalue weighted by molar-refractivity contribution is -0.897. The molecule has 0 aliphatic heterocycles. The number of hydrogen-bond acceptors (Lipinski definition) is 2. The van der Waals surface area contributed by atoms with Crippen molar-refractivity contribution in [2.45, 2.75) is 20.4 Å². The minimum atomic E-state index is 0. The molecule has 0 spiro atoms. The number of hydrogen-bond donors (Lipinski definition) is 2. The molecule has 0 bridgehead atoms. The first-order chi connectivity index (χ1) is 8.65. The van der Waals surface area contributed by atoms with Crippen LogP contribution in [0.1, 0.15) is 13.8 Å². The Morgan fingerprint density at radius 1 is 1.37 bits per heavy atom. The lowest BCUT2D eigenvalue weighted by Crippen LogP contribution is -3.11. The molecule has 0 atom stereocenters. The normalized spacial score (nSPS) is 10.9. The maximum atomic E-state index is 5.94. The van der Waals surface area contributed by atoms with E-state index in [1.54, 1.807) is 11.0 Å². The van der Waals surface area contributed by atoms with E-state index in [9.17, 15) is 0 Å². The van der Waals surface area contributed by atoms with Gasteiger partial charge in [0, 0.05) is 0 Å². The Morgan fingerprint density at radius 3 is 2.68 bits per heavy atom. The number of halogens is 2. The molecule has 0 saturated carbocycles. The molecule has 0 aliphatic rings. The molecule has 0 aromatic carbocycles. The number of nitrogens with zero attached hydrogens (tertiary/aromatic N) is 2. The Kier molecular flexibility index (Phi) is 6.26. The average Bonchev–Trinajstić information content (AvgIpc) is 2.66. The molecule has 2 heterocycles. The van der Waals surface area contributed by atoms with Crippen LogP contribution in [0.3, 0.4) is 0 Å². The van der Waals surface area contributed by atoms with Gasteiger partial charge in [-0.1, -0.05) is 11.6 Å². The van der Waals surface area contributed by atoms with Crippen molar-refractivity contribution in [1.82, 2.24) is 14.5 Å². The molecule has 0 aliphatic carbocycles. The monoisotopic (exact) mass is 320 g/mol. The predicted molar refractivity (Wildman–Crippen MR) is 76.8 cm³/mol. The zero-order valence-corrected chi connectivity index (χ0v) is 13.4. The topological polar surface area (TPSA) is 38.0 Å².